The molecule has 1 aromatic rings. The van der Waals surface area contributed by atoms with E-state index in [1.165, 1.54) is 23.3 Å². The van der Waals surface area contributed by atoms with Crippen LogP contribution in [0.4, 0.5) is 0 Å². The summed E-state index contributed by atoms with van der Waals surface area (Å²) in [5.74, 6) is 2.63. The summed E-state index contributed by atoms with van der Waals surface area (Å²) in [5.41, 5.74) is 3.28. The van der Waals surface area contributed by atoms with E-state index in [1.807, 2.05) is 30.0 Å². The number of rotatable bonds is 4. The fourth-order valence-electron chi connectivity index (χ4n) is 2.23. The van der Waals surface area contributed by atoms with Gasteiger partial charge in [-0.1, -0.05) is 12.1 Å². The predicted molar refractivity (Wildman–Crippen MR) is 78.6 cm³/mol. The molecule has 1 aliphatic rings. The summed E-state index contributed by atoms with van der Waals surface area (Å²) in [7, 11) is 2.06. The van der Waals surface area contributed by atoms with E-state index < -0.39 is 0 Å². The van der Waals surface area contributed by atoms with Crippen molar-refractivity contribution < 1.29 is 4.79 Å². The maximum Gasteiger partial charge on any atom is 0.176 e. The second-order valence-corrected chi connectivity index (χ2v) is 6.30. The van der Waals surface area contributed by atoms with Crippen LogP contribution in [0.3, 0.4) is 0 Å². The van der Waals surface area contributed by atoms with Crippen LogP contribution in [-0.4, -0.2) is 41.8 Å². The number of hydrogen-bond acceptors (Lipinski definition) is 3. The smallest absolute Gasteiger partial charge is 0.176 e. The zero-order chi connectivity index (χ0) is 13.1. The molecule has 3 heteroatoms. The highest BCUT2D eigenvalue weighted by atomic mass is 32.2. The van der Waals surface area contributed by atoms with Gasteiger partial charge in [-0.15, -0.1) is 0 Å². The summed E-state index contributed by atoms with van der Waals surface area (Å²) in [4.78, 5) is 14.4. The van der Waals surface area contributed by atoms with Gasteiger partial charge in [-0.25, -0.2) is 0 Å². The van der Waals surface area contributed by atoms with Crippen molar-refractivity contribution in [2.75, 3.05) is 25.1 Å². The molecule has 1 aliphatic heterocycles. The van der Waals surface area contributed by atoms with Crippen LogP contribution in [0.5, 0.6) is 0 Å². The number of aryl methyl sites for hydroxylation is 2. The molecule has 1 aromatic carbocycles. The van der Waals surface area contributed by atoms with E-state index >= 15 is 0 Å². The summed E-state index contributed by atoms with van der Waals surface area (Å²) >= 11 is 1.98. The van der Waals surface area contributed by atoms with Crippen LogP contribution >= 0.6 is 11.8 Å². The number of nitrogens with zero attached hydrogens (tertiary/aromatic N) is 1. The molecule has 1 atom stereocenters. The standard InChI is InChI=1S/C15H21NOS/c1-11-4-5-13(8-12(11)2)15(17)9-16(3)14-6-7-18-10-14/h4-5,8,14H,6-7,9-10H2,1-3H3. The molecule has 0 amide bonds. The molecule has 0 saturated carbocycles. The zero-order valence-corrected chi connectivity index (χ0v) is 12.2. The minimum atomic E-state index is 0.234. The Kier molecular flexibility index (Phi) is 4.46. The highest BCUT2D eigenvalue weighted by Gasteiger charge is 2.22. The third kappa shape index (κ3) is 3.15. The van der Waals surface area contributed by atoms with Gasteiger partial charge in [0.05, 0.1) is 6.54 Å². The monoisotopic (exact) mass is 263 g/mol. The van der Waals surface area contributed by atoms with Gasteiger partial charge in [0.15, 0.2) is 5.78 Å². The summed E-state index contributed by atoms with van der Waals surface area (Å²) in [6.07, 6.45) is 1.21. The minimum Gasteiger partial charge on any atom is -0.295 e. The molecule has 0 aromatic heterocycles. The summed E-state index contributed by atoms with van der Waals surface area (Å²) in [5, 5.41) is 0. The van der Waals surface area contributed by atoms with Gasteiger partial charge < -0.3 is 0 Å². The molecule has 18 heavy (non-hydrogen) atoms. The topological polar surface area (TPSA) is 20.3 Å². The molecule has 1 saturated heterocycles. The molecular weight excluding hydrogens is 242 g/mol. The first kappa shape index (κ1) is 13.6. The number of Topliss-reactive ketones (excluding diaryl/α,β-unsaturated/α-hetero) is 1. The van der Waals surface area contributed by atoms with E-state index in [9.17, 15) is 4.79 Å². The Morgan fingerprint density at radius 2 is 2.17 bits per heavy atom. The van der Waals surface area contributed by atoms with Crippen molar-refractivity contribution in [3.63, 3.8) is 0 Å². The van der Waals surface area contributed by atoms with Crippen molar-refractivity contribution in [2.45, 2.75) is 26.3 Å². The van der Waals surface area contributed by atoms with E-state index in [1.54, 1.807) is 0 Å². The van der Waals surface area contributed by atoms with Crippen molar-refractivity contribution in [3.05, 3.63) is 34.9 Å². The number of thioether (sulfide) groups is 1. The molecule has 0 bridgehead atoms. The molecule has 2 rings (SSSR count). The first-order chi connectivity index (χ1) is 8.58. The summed E-state index contributed by atoms with van der Waals surface area (Å²) in [6.45, 7) is 4.67. The fourth-order valence-corrected chi connectivity index (χ4v) is 3.53. The fraction of sp³-hybridized carbons (Fsp3) is 0.533. The third-order valence-corrected chi connectivity index (χ3v) is 4.90. The Morgan fingerprint density at radius 1 is 1.39 bits per heavy atom. The van der Waals surface area contributed by atoms with Gasteiger partial charge in [0.25, 0.3) is 0 Å². The lowest BCUT2D eigenvalue weighted by atomic mass is 10.0. The molecule has 0 aliphatic carbocycles. The van der Waals surface area contributed by atoms with E-state index in [0.29, 0.717) is 12.6 Å². The first-order valence-corrected chi connectivity index (χ1v) is 7.62. The number of carbonyl (C=O) groups is 1. The largest absolute Gasteiger partial charge is 0.295 e. The summed E-state index contributed by atoms with van der Waals surface area (Å²) < 4.78 is 0. The lowest BCUT2D eigenvalue weighted by Gasteiger charge is -2.22. The molecular formula is C15H21NOS. The highest BCUT2D eigenvalue weighted by Crippen LogP contribution is 2.21. The third-order valence-electron chi connectivity index (χ3n) is 3.75. The van der Waals surface area contributed by atoms with Crippen LogP contribution in [-0.2, 0) is 0 Å². The number of ketones is 1. The van der Waals surface area contributed by atoms with Crippen molar-refractivity contribution in [2.24, 2.45) is 0 Å². The van der Waals surface area contributed by atoms with Gasteiger partial charge in [0, 0.05) is 17.4 Å². The van der Waals surface area contributed by atoms with Crippen molar-refractivity contribution in [3.8, 4) is 0 Å². The molecule has 0 radical (unpaired) electrons. The molecule has 1 unspecified atom stereocenters. The Bertz CT molecular complexity index is 438. The van der Waals surface area contributed by atoms with Crippen LogP contribution in [0.1, 0.15) is 27.9 Å². The van der Waals surface area contributed by atoms with Crippen LogP contribution in [0.2, 0.25) is 0 Å². The van der Waals surface area contributed by atoms with E-state index in [-0.39, 0.29) is 5.78 Å². The van der Waals surface area contributed by atoms with Gasteiger partial charge in [-0.3, -0.25) is 9.69 Å². The van der Waals surface area contributed by atoms with Crippen molar-refractivity contribution in [1.82, 2.24) is 4.90 Å². The minimum absolute atomic E-state index is 0.234. The molecule has 0 N–H and O–H groups in total. The Labute approximate surface area is 114 Å². The average Bonchev–Trinajstić information content (AvgIpc) is 2.86. The lowest BCUT2D eigenvalue weighted by Crippen LogP contribution is -2.35. The molecule has 2 nitrogen and oxygen atoms in total. The van der Waals surface area contributed by atoms with Crippen LogP contribution < -0.4 is 0 Å². The number of carbonyl (C=O) groups excluding carboxylic acids is 1. The predicted octanol–water partition coefficient (Wildman–Crippen LogP) is 2.92. The number of benzene rings is 1. The van der Waals surface area contributed by atoms with Gasteiger partial charge in [0.2, 0.25) is 0 Å². The van der Waals surface area contributed by atoms with E-state index in [4.69, 9.17) is 0 Å². The Hall–Kier alpha value is -0.800. The Balaban J connectivity index is 2.00. The maximum absolute atomic E-state index is 12.2. The van der Waals surface area contributed by atoms with Crippen LogP contribution in [0.25, 0.3) is 0 Å². The molecule has 98 valence electrons. The number of hydrogen-bond donors (Lipinski definition) is 0. The summed E-state index contributed by atoms with van der Waals surface area (Å²) in [6, 6.07) is 6.57. The zero-order valence-electron chi connectivity index (χ0n) is 11.4. The highest BCUT2D eigenvalue weighted by molar-refractivity contribution is 7.99. The first-order valence-electron chi connectivity index (χ1n) is 6.46. The second kappa shape index (κ2) is 5.89. The van der Waals surface area contributed by atoms with Gasteiger partial charge >= 0.3 is 0 Å². The van der Waals surface area contributed by atoms with E-state index in [2.05, 4.69) is 25.8 Å². The molecule has 1 fully saturated rings. The van der Waals surface area contributed by atoms with Gasteiger partial charge in [-0.05, 0) is 50.3 Å². The molecule has 1 heterocycles. The van der Waals surface area contributed by atoms with Gasteiger partial charge in [0.1, 0.15) is 0 Å². The van der Waals surface area contributed by atoms with Crippen LogP contribution in [0, 0.1) is 13.8 Å². The van der Waals surface area contributed by atoms with Crippen molar-refractivity contribution in [1.29, 1.82) is 0 Å². The van der Waals surface area contributed by atoms with Crippen molar-refractivity contribution >= 4 is 17.5 Å². The maximum atomic E-state index is 12.2. The average molecular weight is 263 g/mol. The van der Waals surface area contributed by atoms with Crippen LogP contribution in [0.15, 0.2) is 18.2 Å². The Morgan fingerprint density at radius 3 is 2.78 bits per heavy atom. The van der Waals surface area contributed by atoms with Gasteiger partial charge in [-0.2, -0.15) is 11.8 Å². The molecule has 0 spiro atoms. The lowest BCUT2D eigenvalue weighted by molar-refractivity contribution is 0.0926. The second-order valence-electron chi connectivity index (χ2n) is 5.15. The van der Waals surface area contributed by atoms with E-state index in [0.717, 1.165) is 11.3 Å². The number of likely N-dealkylation sites (N-methyl/N-ethyl adjacent to an activating group) is 1. The SMILES string of the molecule is Cc1ccc(C(=O)CN(C)C2CCSC2)cc1C. The normalized spacial score (nSPS) is 19.4. The quantitative estimate of drug-likeness (QED) is 0.779.